The molecule has 0 radical (unpaired) electrons. The average Bonchev–Trinajstić information content (AvgIpc) is 2.00. The van der Waals surface area contributed by atoms with Crippen molar-refractivity contribution in [3.8, 4) is 0 Å². The lowest BCUT2D eigenvalue weighted by Crippen LogP contribution is -2.25. The van der Waals surface area contributed by atoms with Crippen molar-refractivity contribution in [3.05, 3.63) is 12.5 Å². The summed E-state index contributed by atoms with van der Waals surface area (Å²) in [6, 6.07) is 0. The molecule has 0 saturated carbocycles. The first-order chi connectivity index (χ1) is 6.45. The zero-order chi connectivity index (χ0) is 11.0. The molecule has 0 rings (SSSR count). The number of ether oxygens (including phenoxy) is 1. The standard InChI is InChI=1S/C12H25NO/c1-6-7-8-9-10-13-11(2)14-12(3,4)5/h13H,2,6-10H2,1,3-5H3. The summed E-state index contributed by atoms with van der Waals surface area (Å²) < 4.78 is 5.54. The van der Waals surface area contributed by atoms with Crippen molar-refractivity contribution in [1.29, 1.82) is 0 Å². The topological polar surface area (TPSA) is 21.3 Å². The smallest absolute Gasteiger partial charge is 0.179 e. The van der Waals surface area contributed by atoms with E-state index < -0.39 is 0 Å². The summed E-state index contributed by atoms with van der Waals surface area (Å²) in [4.78, 5) is 0. The molecule has 2 heteroatoms. The number of unbranched alkanes of at least 4 members (excludes halogenated alkanes) is 3. The van der Waals surface area contributed by atoms with Crippen molar-refractivity contribution < 1.29 is 4.74 Å². The highest BCUT2D eigenvalue weighted by molar-refractivity contribution is 4.82. The fourth-order valence-corrected chi connectivity index (χ4v) is 1.19. The molecule has 1 N–H and O–H groups in total. The Morgan fingerprint density at radius 3 is 2.36 bits per heavy atom. The van der Waals surface area contributed by atoms with E-state index in [0.717, 1.165) is 6.54 Å². The molecule has 0 aromatic rings. The summed E-state index contributed by atoms with van der Waals surface area (Å²) in [6.07, 6.45) is 5.07. The minimum absolute atomic E-state index is 0.145. The molecular weight excluding hydrogens is 174 g/mol. The van der Waals surface area contributed by atoms with Gasteiger partial charge in [-0.3, -0.25) is 0 Å². The summed E-state index contributed by atoms with van der Waals surface area (Å²) in [7, 11) is 0. The third kappa shape index (κ3) is 9.43. The van der Waals surface area contributed by atoms with Gasteiger partial charge in [-0.1, -0.05) is 26.2 Å². The highest BCUT2D eigenvalue weighted by atomic mass is 16.5. The number of rotatable bonds is 7. The van der Waals surface area contributed by atoms with Crippen LogP contribution in [0.3, 0.4) is 0 Å². The molecule has 0 aromatic heterocycles. The summed E-state index contributed by atoms with van der Waals surface area (Å²) in [5.74, 6) is 0.689. The van der Waals surface area contributed by atoms with Crippen LogP contribution in [0.4, 0.5) is 0 Å². The van der Waals surface area contributed by atoms with Gasteiger partial charge in [-0.25, -0.2) is 0 Å². The molecule has 0 aliphatic heterocycles. The fraction of sp³-hybridized carbons (Fsp3) is 0.833. The molecule has 0 aliphatic rings. The first kappa shape index (κ1) is 13.3. The molecule has 14 heavy (non-hydrogen) atoms. The normalized spacial score (nSPS) is 11.1. The lowest BCUT2D eigenvalue weighted by Gasteiger charge is -2.23. The molecule has 0 spiro atoms. The Kier molecular flexibility index (Phi) is 6.43. The Balaban J connectivity index is 3.36. The Hall–Kier alpha value is -0.660. The van der Waals surface area contributed by atoms with Crippen LogP contribution in [0, 0.1) is 0 Å². The molecule has 0 fully saturated rings. The van der Waals surface area contributed by atoms with Crippen LogP contribution in [0.1, 0.15) is 53.4 Å². The van der Waals surface area contributed by atoms with E-state index in [-0.39, 0.29) is 5.60 Å². The molecule has 0 aliphatic carbocycles. The van der Waals surface area contributed by atoms with Crippen molar-refractivity contribution in [2.75, 3.05) is 6.54 Å². The van der Waals surface area contributed by atoms with Gasteiger partial charge in [0, 0.05) is 6.54 Å². The van der Waals surface area contributed by atoms with E-state index in [0.29, 0.717) is 5.88 Å². The minimum atomic E-state index is -0.145. The fourth-order valence-electron chi connectivity index (χ4n) is 1.19. The van der Waals surface area contributed by atoms with Crippen LogP contribution >= 0.6 is 0 Å². The van der Waals surface area contributed by atoms with Gasteiger partial charge in [0.25, 0.3) is 0 Å². The van der Waals surface area contributed by atoms with E-state index in [9.17, 15) is 0 Å². The van der Waals surface area contributed by atoms with Crippen molar-refractivity contribution in [2.45, 2.75) is 59.0 Å². The second-order valence-corrected chi connectivity index (χ2v) is 4.63. The molecule has 0 unspecified atom stereocenters. The van der Waals surface area contributed by atoms with Gasteiger partial charge in [0.1, 0.15) is 5.60 Å². The monoisotopic (exact) mass is 199 g/mol. The zero-order valence-electron chi connectivity index (χ0n) is 10.2. The highest BCUT2D eigenvalue weighted by Crippen LogP contribution is 2.10. The first-order valence-electron chi connectivity index (χ1n) is 5.57. The maximum Gasteiger partial charge on any atom is 0.179 e. The summed E-state index contributed by atoms with van der Waals surface area (Å²) >= 11 is 0. The first-order valence-corrected chi connectivity index (χ1v) is 5.57. The van der Waals surface area contributed by atoms with Crippen molar-refractivity contribution in [3.63, 3.8) is 0 Å². The van der Waals surface area contributed by atoms with Crippen molar-refractivity contribution in [2.24, 2.45) is 0 Å². The maximum atomic E-state index is 5.54. The van der Waals surface area contributed by atoms with Gasteiger partial charge in [-0.2, -0.15) is 0 Å². The third-order valence-electron chi connectivity index (χ3n) is 1.78. The summed E-state index contributed by atoms with van der Waals surface area (Å²) in [5, 5.41) is 3.18. The van der Waals surface area contributed by atoms with E-state index >= 15 is 0 Å². The minimum Gasteiger partial charge on any atom is -0.474 e. The van der Waals surface area contributed by atoms with E-state index in [2.05, 4.69) is 18.8 Å². The van der Waals surface area contributed by atoms with Crippen LogP contribution in [0.15, 0.2) is 12.5 Å². The lowest BCUT2D eigenvalue weighted by atomic mass is 10.2. The second kappa shape index (κ2) is 6.74. The predicted molar refractivity (Wildman–Crippen MR) is 62.1 cm³/mol. The van der Waals surface area contributed by atoms with Gasteiger partial charge in [0.2, 0.25) is 0 Å². The maximum absolute atomic E-state index is 5.54. The predicted octanol–water partition coefficient (Wildman–Crippen LogP) is 3.44. The van der Waals surface area contributed by atoms with Crippen molar-refractivity contribution in [1.82, 2.24) is 5.32 Å². The lowest BCUT2D eigenvalue weighted by molar-refractivity contribution is 0.0415. The number of hydrogen-bond acceptors (Lipinski definition) is 2. The van der Waals surface area contributed by atoms with Gasteiger partial charge in [0.05, 0.1) is 0 Å². The average molecular weight is 199 g/mol. The molecule has 0 amide bonds. The van der Waals surface area contributed by atoms with E-state index in [1.54, 1.807) is 0 Å². The van der Waals surface area contributed by atoms with Crippen LogP contribution < -0.4 is 5.32 Å². The molecule has 0 atom stereocenters. The van der Waals surface area contributed by atoms with Crippen LogP contribution in [-0.4, -0.2) is 12.1 Å². The SMILES string of the molecule is C=C(NCCCCCC)OC(C)(C)C. The molecule has 0 aromatic carbocycles. The molecule has 0 heterocycles. The summed E-state index contributed by atoms with van der Waals surface area (Å²) in [6.45, 7) is 13.1. The summed E-state index contributed by atoms with van der Waals surface area (Å²) in [5.41, 5.74) is -0.145. The van der Waals surface area contributed by atoms with E-state index in [4.69, 9.17) is 4.74 Å². The Morgan fingerprint density at radius 2 is 1.86 bits per heavy atom. The Morgan fingerprint density at radius 1 is 1.21 bits per heavy atom. The Bertz CT molecular complexity index is 158. The largest absolute Gasteiger partial charge is 0.474 e. The van der Waals surface area contributed by atoms with Crippen LogP contribution in [0.25, 0.3) is 0 Å². The number of hydrogen-bond donors (Lipinski definition) is 1. The molecule has 0 bridgehead atoms. The van der Waals surface area contributed by atoms with E-state index in [1.165, 1.54) is 25.7 Å². The van der Waals surface area contributed by atoms with Crippen LogP contribution in [0.2, 0.25) is 0 Å². The molecule has 84 valence electrons. The van der Waals surface area contributed by atoms with Crippen LogP contribution in [-0.2, 0) is 4.74 Å². The second-order valence-electron chi connectivity index (χ2n) is 4.63. The van der Waals surface area contributed by atoms with Gasteiger partial charge >= 0.3 is 0 Å². The van der Waals surface area contributed by atoms with Gasteiger partial charge in [-0.05, 0) is 33.8 Å². The van der Waals surface area contributed by atoms with Gasteiger partial charge < -0.3 is 10.1 Å². The highest BCUT2D eigenvalue weighted by Gasteiger charge is 2.11. The molecule has 0 saturated heterocycles. The molecular formula is C12H25NO. The zero-order valence-corrected chi connectivity index (χ0v) is 10.2. The van der Waals surface area contributed by atoms with Crippen molar-refractivity contribution >= 4 is 0 Å². The van der Waals surface area contributed by atoms with Crippen LogP contribution in [0.5, 0.6) is 0 Å². The van der Waals surface area contributed by atoms with Gasteiger partial charge in [-0.15, -0.1) is 0 Å². The quantitative estimate of drug-likeness (QED) is 0.501. The number of nitrogens with one attached hydrogen (secondary N) is 1. The van der Waals surface area contributed by atoms with E-state index in [1.807, 2.05) is 20.8 Å². The Labute approximate surface area is 88.7 Å². The molecule has 2 nitrogen and oxygen atoms in total. The van der Waals surface area contributed by atoms with Gasteiger partial charge in [0.15, 0.2) is 5.88 Å². The third-order valence-corrected chi connectivity index (χ3v) is 1.78.